The second-order valence-corrected chi connectivity index (χ2v) is 10.5. The van der Waals surface area contributed by atoms with Gasteiger partial charge >= 0.3 is 0 Å². The van der Waals surface area contributed by atoms with E-state index < -0.39 is 0 Å². The van der Waals surface area contributed by atoms with Crippen LogP contribution in [-0.2, 0) is 0 Å². The monoisotopic (exact) mass is 537 g/mol. The third kappa shape index (κ3) is 6.70. The molecule has 0 saturated carbocycles. The van der Waals surface area contributed by atoms with Crippen LogP contribution in [0.5, 0.6) is 5.75 Å². The third-order valence-electron chi connectivity index (χ3n) is 6.57. The molecule has 1 aliphatic rings. The van der Waals surface area contributed by atoms with Crippen molar-refractivity contribution in [1.82, 2.24) is 0 Å². The molecule has 4 rings (SSSR count). The molecule has 41 heavy (non-hydrogen) atoms. The predicted molar refractivity (Wildman–Crippen MR) is 159 cm³/mol. The summed E-state index contributed by atoms with van der Waals surface area (Å²) in [6, 6.07) is 28.9. The first-order valence-corrected chi connectivity index (χ1v) is 13.1. The van der Waals surface area contributed by atoms with Crippen LogP contribution >= 0.6 is 0 Å². The van der Waals surface area contributed by atoms with E-state index >= 15 is 0 Å². The van der Waals surface area contributed by atoms with E-state index in [1.807, 2.05) is 36.4 Å². The van der Waals surface area contributed by atoms with Gasteiger partial charge < -0.3 is 14.1 Å². The predicted octanol–water partition coefficient (Wildman–Crippen LogP) is 6.67. The number of nitrogens with zero attached hydrogens (tertiary/aromatic N) is 6. The van der Waals surface area contributed by atoms with Crippen LogP contribution < -0.4 is 9.64 Å². The molecule has 7 nitrogen and oxygen atoms in total. The number of hydrogen-bond donors (Lipinski definition) is 0. The highest BCUT2D eigenvalue weighted by atomic mass is 16.5. The summed E-state index contributed by atoms with van der Waals surface area (Å²) in [7, 11) is 6.46. The lowest BCUT2D eigenvalue weighted by Crippen LogP contribution is -2.37. The highest BCUT2D eigenvalue weighted by Gasteiger charge is 2.27. The molecule has 0 atom stereocenters. The maximum atomic E-state index is 10.1. The molecule has 200 valence electrons. The Hall–Kier alpha value is -5.60. The molecular formula is C34H29N6O+. The van der Waals surface area contributed by atoms with Crippen LogP contribution in [0.25, 0.3) is 21.5 Å². The lowest BCUT2D eigenvalue weighted by Gasteiger charge is -2.26. The lowest BCUT2D eigenvalue weighted by atomic mass is 9.95. The van der Waals surface area contributed by atoms with Crippen LogP contribution in [-0.4, -0.2) is 38.7 Å². The van der Waals surface area contributed by atoms with E-state index in [4.69, 9.17) is 11.3 Å². The largest absolute Gasteiger partial charge is 0.439 e. The fourth-order valence-corrected chi connectivity index (χ4v) is 4.60. The van der Waals surface area contributed by atoms with Gasteiger partial charge in [-0.2, -0.15) is 10.5 Å². The first-order chi connectivity index (χ1) is 19.8. The number of ether oxygens (including phenoxy) is 1. The first-order valence-electron chi connectivity index (χ1n) is 13.1. The zero-order valence-corrected chi connectivity index (χ0v) is 23.3. The summed E-state index contributed by atoms with van der Waals surface area (Å²) in [5, 5.41) is 29.2. The Morgan fingerprint density at radius 1 is 0.951 bits per heavy atom. The van der Waals surface area contributed by atoms with E-state index in [9.17, 15) is 15.8 Å². The van der Waals surface area contributed by atoms with Crippen LogP contribution in [0.1, 0.15) is 17.5 Å². The molecule has 0 aromatic heterocycles. The maximum absolute atomic E-state index is 10.1. The number of allylic oxidation sites excluding steroid dienone is 5. The van der Waals surface area contributed by atoms with Crippen LogP contribution in [0.3, 0.4) is 0 Å². The molecule has 7 heteroatoms. The van der Waals surface area contributed by atoms with Crippen LogP contribution in [0, 0.1) is 40.6 Å². The second-order valence-electron chi connectivity index (χ2n) is 10.5. The number of benzene rings is 3. The Bertz CT molecular complexity index is 1700. The maximum Gasteiger partial charge on any atom is 0.270 e. The van der Waals surface area contributed by atoms with Crippen molar-refractivity contribution in [2.75, 3.05) is 39.1 Å². The number of anilines is 1. The SMILES string of the molecule is [C-]#[N+]C(C#N)=C(C(C#N)=CC=C1Oc2ccc(-c3ccccc3)cc2N1CCC[N+](C)(C)C)c1cccc(C#N)c1. The molecule has 0 aliphatic carbocycles. The van der Waals surface area contributed by atoms with E-state index in [-0.39, 0.29) is 16.8 Å². The summed E-state index contributed by atoms with van der Waals surface area (Å²) in [5.41, 5.74) is 3.99. The van der Waals surface area contributed by atoms with Gasteiger partial charge in [-0.15, -0.1) is 0 Å². The molecule has 0 unspecified atom stereocenters. The number of rotatable bonds is 8. The van der Waals surface area contributed by atoms with Gasteiger partial charge in [-0.05, 0) is 47.0 Å². The molecule has 0 spiro atoms. The van der Waals surface area contributed by atoms with Crippen molar-refractivity contribution in [1.29, 1.82) is 15.8 Å². The van der Waals surface area contributed by atoms with Gasteiger partial charge in [0.2, 0.25) is 5.88 Å². The van der Waals surface area contributed by atoms with Gasteiger partial charge in [0.25, 0.3) is 5.70 Å². The minimum atomic E-state index is -0.228. The Morgan fingerprint density at radius 3 is 2.39 bits per heavy atom. The van der Waals surface area contributed by atoms with Gasteiger partial charge in [0.15, 0.2) is 5.75 Å². The van der Waals surface area contributed by atoms with Gasteiger partial charge in [0, 0.05) is 24.6 Å². The topological polar surface area (TPSA) is 88.2 Å². The molecule has 0 amide bonds. The average molecular weight is 538 g/mol. The highest BCUT2D eigenvalue weighted by Crippen LogP contribution is 2.42. The molecule has 1 heterocycles. The molecular weight excluding hydrogens is 508 g/mol. The number of quaternary nitrogens is 1. The second kappa shape index (κ2) is 12.5. The van der Waals surface area contributed by atoms with Gasteiger partial charge in [-0.1, -0.05) is 48.5 Å². The number of fused-ring (bicyclic) bond motifs is 1. The lowest BCUT2D eigenvalue weighted by molar-refractivity contribution is -0.870. The quantitative estimate of drug-likeness (QED) is 0.139. The minimum Gasteiger partial charge on any atom is -0.439 e. The summed E-state index contributed by atoms with van der Waals surface area (Å²) >= 11 is 0. The molecule has 0 N–H and O–H groups in total. The molecule has 0 bridgehead atoms. The standard InChI is InChI=1S/C34H29N6O/c1-38-30(24-37)34(28-13-8-10-25(20-28)22-35)29(23-36)15-17-33-39(18-9-19-40(2,3)4)31-21-27(14-16-32(31)41-33)26-11-6-5-7-12-26/h5-8,10-17,20-21H,9,18-19H2,2-4H3/q+1. The Morgan fingerprint density at radius 2 is 1.73 bits per heavy atom. The van der Waals surface area contributed by atoms with E-state index in [2.05, 4.69) is 61.2 Å². The zero-order chi connectivity index (χ0) is 29.4. The first kappa shape index (κ1) is 28.4. The number of nitriles is 3. The zero-order valence-electron chi connectivity index (χ0n) is 23.3. The van der Waals surface area contributed by atoms with E-state index in [0.29, 0.717) is 29.3 Å². The smallest absolute Gasteiger partial charge is 0.270 e. The summed E-state index contributed by atoms with van der Waals surface area (Å²) in [6.07, 6.45) is 4.18. The van der Waals surface area contributed by atoms with Gasteiger partial charge in [-0.3, -0.25) is 0 Å². The summed E-state index contributed by atoms with van der Waals surface area (Å²) in [4.78, 5) is 5.47. The van der Waals surface area contributed by atoms with Crippen molar-refractivity contribution < 1.29 is 9.22 Å². The van der Waals surface area contributed by atoms with Crippen molar-refractivity contribution in [3.05, 3.63) is 125 Å². The summed E-state index contributed by atoms with van der Waals surface area (Å²) in [5.74, 6) is 1.26. The molecule has 0 fully saturated rings. The third-order valence-corrected chi connectivity index (χ3v) is 6.57. The number of hydrogen-bond acceptors (Lipinski definition) is 5. The molecule has 3 aromatic rings. The Labute approximate surface area is 241 Å². The van der Waals surface area contributed by atoms with Gasteiger partial charge in [-0.25, -0.2) is 10.1 Å². The van der Waals surface area contributed by atoms with Crippen molar-refractivity contribution in [2.45, 2.75) is 6.42 Å². The summed E-state index contributed by atoms with van der Waals surface area (Å²) in [6.45, 7) is 9.19. The highest BCUT2D eigenvalue weighted by molar-refractivity contribution is 5.88. The minimum absolute atomic E-state index is 0.121. The van der Waals surface area contributed by atoms with Crippen LogP contribution in [0.2, 0.25) is 0 Å². The van der Waals surface area contributed by atoms with Crippen molar-refractivity contribution in [2.24, 2.45) is 0 Å². The van der Waals surface area contributed by atoms with Crippen molar-refractivity contribution >= 4 is 11.3 Å². The molecule has 0 saturated heterocycles. The van der Waals surface area contributed by atoms with Gasteiger partial charge in [0.05, 0.1) is 69.3 Å². The fraction of sp³-hybridized carbons (Fsp3) is 0.176. The van der Waals surface area contributed by atoms with E-state index in [1.165, 1.54) is 0 Å². The molecule has 3 aromatic carbocycles. The Kier molecular flexibility index (Phi) is 8.66. The van der Waals surface area contributed by atoms with Crippen LogP contribution in [0.15, 0.2) is 102 Å². The Balaban J connectivity index is 1.78. The normalized spacial score (nSPS) is 14.2. The van der Waals surface area contributed by atoms with Crippen LogP contribution in [0.4, 0.5) is 5.69 Å². The van der Waals surface area contributed by atoms with Crippen molar-refractivity contribution in [3.63, 3.8) is 0 Å². The van der Waals surface area contributed by atoms with Gasteiger partial charge in [0.1, 0.15) is 0 Å². The molecule has 0 radical (unpaired) electrons. The average Bonchev–Trinajstić information content (AvgIpc) is 3.33. The fourth-order valence-electron chi connectivity index (χ4n) is 4.60. The van der Waals surface area contributed by atoms with Crippen molar-refractivity contribution in [3.8, 4) is 35.1 Å². The summed E-state index contributed by atoms with van der Waals surface area (Å²) < 4.78 is 7.09. The molecule has 1 aliphatic heterocycles. The van der Waals surface area contributed by atoms with E-state index in [0.717, 1.165) is 34.3 Å². The van der Waals surface area contributed by atoms with E-state index in [1.54, 1.807) is 36.4 Å².